The summed E-state index contributed by atoms with van der Waals surface area (Å²) in [5.74, 6) is 0.458. The van der Waals surface area contributed by atoms with Crippen LogP contribution in [0.1, 0.15) is 0 Å². The maximum atomic E-state index is 5.65. The first-order valence-electron chi connectivity index (χ1n) is 3.83. The number of hydrogen-bond donors (Lipinski definition) is 1. The molecule has 0 saturated heterocycles. The van der Waals surface area contributed by atoms with Gasteiger partial charge in [0.25, 0.3) is 0 Å². The van der Waals surface area contributed by atoms with Crippen LogP contribution in [0, 0.1) is 0 Å². The van der Waals surface area contributed by atoms with E-state index < -0.39 is 0 Å². The molecule has 13 heavy (non-hydrogen) atoms. The Morgan fingerprint density at radius 3 is 2.54 bits per heavy atom. The molecule has 1 unspecified atom stereocenters. The SMILES string of the molecule is C=C/C=C\C(=C/Cl)NC(C=C)CCl. The van der Waals surface area contributed by atoms with Crippen molar-refractivity contribution in [3.8, 4) is 0 Å². The van der Waals surface area contributed by atoms with Crippen molar-refractivity contribution in [3.05, 3.63) is 48.7 Å². The van der Waals surface area contributed by atoms with Gasteiger partial charge in [0.2, 0.25) is 0 Å². The van der Waals surface area contributed by atoms with Gasteiger partial charge in [-0.25, -0.2) is 0 Å². The minimum absolute atomic E-state index is 0.0288. The third-order valence-electron chi connectivity index (χ3n) is 1.33. The molecular formula is C10H13Cl2N. The minimum atomic E-state index is 0.0288. The Kier molecular flexibility index (Phi) is 7.56. The summed E-state index contributed by atoms with van der Waals surface area (Å²) in [5, 5.41) is 3.08. The van der Waals surface area contributed by atoms with Crippen molar-refractivity contribution in [3.63, 3.8) is 0 Å². The van der Waals surface area contributed by atoms with Gasteiger partial charge in [-0.1, -0.05) is 36.4 Å². The van der Waals surface area contributed by atoms with E-state index >= 15 is 0 Å². The zero-order chi connectivity index (χ0) is 10.1. The van der Waals surface area contributed by atoms with Crippen molar-refractivity contribution < 1.29 is 0 Å². The van der Waals surface area contributed by atoms with Crippen molar-refractivity contribution in [1.82, 2.24) is 5.32 Å². The number of rotatable bonds is 6. The van der Waals surface area contributed by atoms with E-state index in [9.17, 15) is 0 Å². The summed E-state index contributed by atoms with van der Waals surface area (Å²) in [4.78, 5) is 0. The summed E-state index contributed by atoms with van der Waals surface area (Å²) >= 11 is 11.2. The molecule has 0 fully saturated rings. The first-order chi connectivity index (χ1) is 6.28. The summed E-state index contributed by atoms with van der Waals surface area (Å²) in [7, 11) is 0. The molecule has 3 heteroatoms. The Hall–Kier alpha value is -0.660. The lowest BCUT2D eigenvalue weighted by Gasteiger charge is -2.12. The van der Waals surface area contributed by atoms with Crippen molar-refractivity contribution in [2.24, 2.45) is 0 Å². The van der Waals surface area contributed by atoms with E-state index in [0.717, 1.165) is 5.70 Å². The van der Waals surface area contributed by atoms with Gasteiger partial charge >= 0.3 is 0 Å². The summed E-state index contributed by atoms with van der Waals surface area (Å²) in [6.07, 6.45) is 7.00. The molecule has 1 nitrogen and oxygen atoms in total. The van der Waals surface area contributed by atoms with Crippen molar-refractivity contribution in [1.29, 1.82) is 0 Å². The number of allylic oxidation sites excluding steroid dienone is 3. The van der Waals surface area contributed by atoms with E-state index in [1.807, 2.05) is 6.08 Å². The fourth-order valence-corrected chi connectivity index (χ4v) is 1.00. The van der Waals surface area contributed by atoms with Gasteiger partial charge in [0, 0.05) is 17.1 Å². The third-order valence-corrected chi connectivity index (χ3v) is 1.90. The molecule has 1 atom stereocenters. The number of alkyl halides is 1. The van der Waals surface area contributed by atoms with E-state index in [2.05, 4.69) is 18.5 Å². The van der Waals surface area contributed by atoms with Gasteiger partial charge in [0.15, 0.2) is 0 Å². The summed E-state index contributed by atoms with van der Waals surface area (Å²) < 4.78 is 0. The highest BCUT2D eigenvalue weighted by Gasteiger charge is 2.00. The standard InChI is InChI=1S/C10H13Cl2N/c1-3-5-6-10(8-12)13-9(4-2)7-11/h3-6,8-9,13H,1-2,7H2/b6-5-,10-8+. The van der Waals surface area contributed by atoms with E-state index in [1.54, 1.807) is 18.2 Å². The molecule has 0 spiro atoms. The Balaban J connectivity index is 4.19. The minimum Gasteiger partial charge on any atom is -0.377 e. The smallest absolute Gasteiger partial charge is 0.0577 e. The predicted octanol–water partition coefficient (Wildman–Crippen LogP) is 3.19. The van der Waals surface area contributed by atoms with Crippen LogP contribution in [0.4, 0.5) is 0 Å². The quantitative estimate of drug-likeness (QED) is 0.410. The highest BCUT2D eigenvalue weighted by molar-refractivity contribution is 6.25. The van der Waals surface area contributed by atoms with Gasteiger partial charge in [-0.3, -0.25) is 0 Å². The van der Waals surface area contributed by atoms with Crippen LogP contribution >= 0.6 is 23.2 Å². The van der Waals surface area contributed by atoms with Gasteiger partial charge in [0.05, 0.1) is 6.04 Å². The molecule has 72 valence electrons. The first-order valence-corrected chi connectivity index (χ1v) is 4.80. The van der Waals surface area contributed by atoms with Crippen molar-refractivity contribution in [2.75, 3.05) is 5.88 Å². The largest absolute Gasteiger partial charge is 0.377 e. The molecule has 0 bridgehead atoms. The normalized spacial score (nSPS) is 14.2. The van der Waals surface area contributed by atoms with Crippen molar-refractivity contribution in [2.45, 2.75) is 6.04 Å². The average Bonchev–Trinajstić information content (AvgIpc) is 2.19. The molecule has 1 N–H and O–H groups in total. The topological polar surface area (TPSA) is 12.0 Å². The van der Waals surface area contributed by atoms with E-state index in [4.69, 9.17) is 23.2 Å². The molecule has 0 aliphatic rings. The Labute approximate surface area is 89.4 Å². The van der Waals surface area contributed by atoms with Crippen LogP contribution in [0.5, 0.6) is 0 Å². The van der Waals surface area contributed by atoms with Gasteiger partial charge in [-0.15, -0.1) is 18.2 Å². The summed E-state index contributed by atoms with van der Waals surface area (Å²) in [6.45, 7) is 7.19. The second kappa shape index (κ2) is 7.96. The zero-order valence-electron chi connectivity index (χ0n) is 7.34. The fourth-order valence-electron chi connectivity index (χ4n) is 0.662. The summed E-state index contributed by atoms with van der Waals surface area (Å²) in [5.41, 5.74) is 2.23. The van der Waals surface area contributed by atoms with Crippen LogP contribution in [0.2, 0.25) is 0 Å². The average molecular weight is 218 g/mol. The lowest BCUT2D eigenvalue weighted by atomic mass is 10.3. The van der Waals surface area contributed by atoms with E-state index in [0.29, 0.717) is 5.88 Å². The number of hydrogen-bond acceptors (Lipinski definition) is 1. The lowest BCUT2D eigenvalue weighted by molar-refractivity contribution is 0.752. The Morgan fingerprint density at radius 2 is 2.15 bits per heavy atom. The molecule has 0 aromatic heterocycles. The number of halogens is 2. The van der Waals surface area contributed by atoms with Crippen LogP contribution in [0.25, 0.3) is 0 Å². The molecule has 0 saturated carbocycles. The van der Waals surface area contributed by atoms with E-state index in [-0.39, 0.29) is 6.04 Å². The molecule has 0 aliphatic heterocycles. The van der Waals surface area contributed by atoms with Gasteiger partial charge in [-0.05, 0) is 6.08 Å². The highest BCUT2D eigenvalue weighted by Crippen LogP contribution is 2.00. The summed E-state index contributed by atoms with van der Waals surface area (Å²) in [6, 6.07) is 0.0288. The maximum Gasteiger partial charge on any atom is 0.0577 e. The monoisotopic (exact) mass is 217 g/mol. The van der Waals surface area contributed by atoms with Gasteiger partial charge < -0.3 is 5.32 Å². The first kappa shape index (κ1) is 12.3. The maximum absolute atomic E-state index is 5.65. The van der Waals surface area contributed by atoms with Crippen LogP contribution in [-0.2, 0) is 0 Å². The fraction of sp³-hybridized carbons (Fsp3) is 0.200. The van der Waals surface area contributed by atoms with Crippen molar-refractivity contribution >= 4 is 23.2 Å². The third kappa shape index (κ3) is 5.56. The molecule has 0 heterocycles. The Bertz CT molecular complexity index is 219. The lowest BCUT2D eigenvalue weighted by Crippen LogP contribution is -2.26. The molecule has 0 aromatic rings. The van der Waals surface area contributed by atoms with Crippen LogP contribution in [0.15, 0.2) is 48.7 Å². The second-order valence-electron chi connectivity index (χ2n) is 2.30. The second-order valence-corrected chi connectivity index (χ2v) is 2.83. The van der Waals surface area contributed by atoms with E-state index in [1.165, 1.54) is 5.54 Å². The van der Waals surface area contributed by atoms with Gasteiger partial charge in [0.1, 0.15) is 0 Å². The highest BCUT2D eigenvalue weighted by atomic mass is 35.5. The number of nitrogens with one attached hydrogen (secondary N) is 1. The molecular weight excluding hydrogens is 205 g/mol. The van der Waals surface area contributed by atoms with Gasteiger partial charge in [-0.2, -0.15) is 0 Å². The Morgan fingerprint density at radius 1 is 1.46 bits per heavy atom. The van der Waals surface area contributed by atoms with Crippen LogP contribution < -0.4 is 5.32 Å². The molecule has 0 aliphatic carbocycles. The molecule has 0 rings (SSSR count). The van der Waals surface area contributed by atoms with Crippen LogP contribution in [-0.4, -0.2) is 11.9 Å². The predicted molar refractivity (Wildman–Crippen MR) is 61.1 cm³/mol. The molecule has 0 amide bonds. The molecule has 0 radical (unpaired) electrons. The molecule has 0 aromatic carbocycles. The van der Waals surface area contributed by atoms with Crippen LogP contribution in [0.3, 0.4) is 0 Å². The zero-order valence-corrected chi connectivity index (χ0v) is 8.85.